The van der Waals surface area contributed by atoms with Crippen molar-refractivity contribution in [2.24, 2.45) is 0 Å². The number of carbonyl (C=O) groups is 1. The maximum atomic E-state index is 11.2. The van der Waals surface area contributed by atoms with Crippen LogP contribution in [0.3, 0.4) is 0 Å². The third kappa shape index (κ3) is 5.61. The average Bonchev–Trinajstić information content (AvgIpc) is 2.37. The molecule has 1 rings (SSSR count). The number of rotatable bonds is 7. The average molecular weight is 330 g/mol. The predicted octanol–water partition coefficient (Wildman–Crippen LogP) is 2.74. The van der Waals surface area contributed by atoms with E-state index < -0.39 is 6.10 Å². The van der Waals surface area contributed by atoms with Crippen LogP contribution in [-0.2, 0) is 16.0 Å². The zero-order chi connectivity index (χ0) is 14.3. The van der Waals surface area contributed by atoms with Crippen molar-refractivity contribution in [2.45, 2.75) is 32.8 Å². The Bertz CT molecular complexity index is 423. The van der Waals surface area contributed by atoms with Gasteiger partial charge in [-0.1, -0.05) is 22.9 Å². The largest absolute Gasteiger partial charge is 0.466 e. The van der Waals surface area contributed by atoms with Gasteiger partial charge in [0.05, 0.1) is 19.1 Å². The van der Waals surface area contributed by atoms with E-state index >= 15 is 0 Å². The number of anilines is 1. The van der Waals surface area contributed by atoms with Crippen LogP contribution in [0.25, 0.3) is 0 Å². The minimum absolute atomic E-state index is 0.0127. The summed E-state index contributed by atoms with van der Waals surface area (Å²) in [5.74, 6) is -0.372. The van der Waals surface area contributed by atoms with Gasteiger partial charge < -0.3 is 15.2 Å². The minimum Gasteiger partial charge on any atom is -0.466 e. The number of nitrogens with one attached hydrogen (secondary N) is 1. The fraction of sp³-hybridized carbons (Fsp3) is 0.500. The van der Waals surface area contributed by atoms with Crippen molar-refractivity contribution in [3.63, 3.8) is 0 Å². The highest BCUT2D eigenvalue weighted by molar-refractivity contribution is 9.10. The number of aliphatic hydroxyl groups excluding tert-OH is 1. The van der Waals surface area contributed by atoms with E-state index in [1.165, 1.54) is 0 Å². The first-order valence-corrected chi connectivity index (χ1v) is 7.22. The van der Waals surface area contributed by atoms with E-state index in [9.17, 15) is 9.90 Å². The molecule has 1 atom stereocenters. The van der Waals surface area contributed by atoms with E-state index in [-0.39, 0.29) is 12.4 Å². The van der Waals surface area contributed by atoms with Crippen molar-refractivity contribution < 1.29 is 14.6 Å². The quantitative estimate of drug-likeness (QED) is 0.755. The molecule has 0 aliphatic carbocycles. The summed E-state index contributed by atoms with van der Waals surface area (Å²) in [6, 6.07) is 5.94. The van der Waals surface area contributed by atoms with Gasteiger partial charge in [-0.25, -0.2) is 0 Å². The Hall–Kier alpha value is -1.07. The number of ether oxygens (including phenoxy) is 1. The van der Waals surface area contributed by atoms with Crippen LogP contribution < -0.4 is 5.32 Å². The summed E-state index contributed by atoms with van der Waals surface area (Å²) in [4.78, 5) is 11.2. The lowest BCUT2D eigenvalue weighted by Gasteiger charge is -2.15. The van der Waals surface area contributed by atoms with E-state index in [1.807, 2.05) is 18.2 Å². The van der Waals surface area contributed by atoms with Gasteiger partial charge in [-0.2, -0.15) is 0 Å². The highest BCUT2D eigenvalue weighted by atomic mass is 79.9. The molecule has 0 heterocycles. The second-order valence-corrected chi connectivity index (χ2v) is 5.11. The second-order valence-electron chi connectivity index (χ2n) is 4.20. The number of halogens is 1. The van der Waals surface area contributed by atoms with Gasteiger partial charge in [0.1, 0.15) is 0 Å². The van der Waals surface area contributed by atoms with Gasteiger partial charge in [0, 0.05) is 16.7 Å². The molecule has 1 aromatic rings. The fourth-order valence-electron chi connectivity index (χ4n) is 1.74. The standard InChI is InChI=1S/C14H20BrNO3/c1-3-10-7-11(15)5-6-13(10)16-9-12(17)8-14(18)19-4-2/h5-7,12,16-17H,3-4,8-9H2,1-2H3. The van der Waals surface area contributed by atoms with Gasteiger partial charge in [0.2, 0.25) is 0 Å². The summed E-state index contributed by atoms with van der Waals surface area (Å²) in [5.41, 5.74) is 2.14. The molecule has 4 nitrogen and oxygen atoms in total. The van der Waals surface area contributed by atoms with Gasteiger partial charge in [-0.3, -0.25) is 4.79 Å². The van der Waals surface area contributed by atoms with E-state index in [0.29, 0.717) is 13.2 Å². The van der Waals surface area contributed by atoms with Gasteiger partial charge >= 0.3 is 5.97 Å². The van der Waals surface area contributed by atoms with Crippen molar-refractivity contribution >= 4 is 27.6 Å². The molecule has 0 saturated heterocycles. The Kier molecular flexibility index (Phi) is 6.87. The lowest BCUT2D eigenvalue weighted by Crippen LogP contribution is -2.24. The van der Waals surface area contributed by atoms with Gasteiger partial charge in [-0.15, -0.1) is 0 Å². The molecular weight excluding hydrogens is 310 g/mol. The molecule has 5 heteroatoms. The molecule has 106 valence electrons. The summed E-state index contributed by atoms with van der Waals surface area (Å²) in [6.07, 6.45) is 0.168. The number of carbonyl (C=O) groups excluding carboxylic acids is 1. The van der Waals surface area contributed by atoms with Gasteiger partial charge in [0.25, 0.3) is 0 Å². The molecule has 0 amide bonds. The van der Waals surface area contributed by atoms with Crippen LogP contribution in [0.1, 0.15) is 25.8 Å². The summed E-state index contributed by atoms with van der Waals surface area (Å²) in [5, 5.41) is 12.9. The monoisotopic (exact) mass is 329 g/mol. The second kappa shape index (κ2) is 8.17. The van der Waals surface area contributed by atoms with E-state index in [0.717, 1.165) is 22.1 Å². The lowest BCUT2D eigenvalue weighted by atomic mass is 10.1. The zero-order valence-electron chi connectivity index (χ0n) is 11.3. The molecule has 0 spiro atoms. The zero-order valence-corrected chi connectivity index (χ0v) is 12.9. The Morgan fingerprint density at radius 2 is 2.21 bits per heavy atom. The summed E-state index contributed by atoms with van der Waals surface area (Å²) >= 11 is 3.43. The predicted molar refractivity (Wildman–Crippen MR) is 79.3 cm³/mol. The van der Waals surface area contributed by atoms with Crippen molar-refractivity contribution in [3.05, 3.63) is 28.2 Å². The third-order valence-electron chi connectivity index (χ3n) is 2.68. The normalized spacial score (nSPS) is 12.0. The molecule has 2 N–H and O–H groups in total. The SMILES string of the molecule is CCOC(=O)CC(O)CNc1ccc(Br)cc1CC. The molecule has 1 unspecified atom stereocenters. The number of benzene rings is 1. The molecule has 0 saturated carbocycles. The number of aliphatic hydroxyl groups is 1. The molecule has 0 aliphatic rings. The van der Waals surface area contributed by atoms with Crippen molar-refractivity contribution in [1.82, 2.24) is 0 Å². The van der Waals surface area contributed by atoms with Crippen LogP contribution in [0.2, 0.25) is 0 Å². The van der Waals surface area contributed by atoms with E-state index in [1.54, 1.807) is 6.92 Å². The first-order chi connectivity index (χ1) is 9.06. The highest BCUT2D eigenvalue weighted by Crippen LogP contribution is 2.21. The van der Waals surface area contributed by atoms with Crippen molar-refractivity contribution in [1.29, 1.82) is 0 Å². The molecule has 1 aromatic carbocycles. The maximum Gasteiger partial charge on any atom is 0.308 e. The van der Waals surface area contributed by atoms with Crippen LogP contribution in [0.5, 0.6) is 0 Å². The number of hydrogen-bond acceptors (Lipinski definition) is 4. The minimum atomic E-state index is -0.743. The molecule has 0 fully saturated rings. The third-order valence-corrected chi connectivity index (χ3v) is 3.18. The lowest BCUT2D eigenvalue weighted by molar-refractivity contribution is -0.145. The van der Waals surface area contributed by atoms with Crippen LogP contribution in [0.15, 0.2) is 22.7 Å². The molecule has 0 radical (unpaired) electrons. The van der Waals surface area contributed by atoms with E-state index in [4.69, 9.17) is 4.74 Å². The Morgan fingerprint density at radius 3 is 2.84 bits per heavy atom. The summed E-state index contributed by atoms with van der Waals surface area (Å²) in [6.45, 7) is 4.49. The van der Waals surface area contributed by atoms with Gasteiger partial charge in [0.15, 0.2) is 0 Å². The molecule has 0 aromatic heterocycles. The molecule has 19 heavy (non-hydrogen) atoms. The smallest absolute Gasteiger partial charge is 0.308 e. The van der Waals surface area contributed by atoms with Crippen LogP contribution in [0, 0.1) is 0 Å². The Morgan fingerprint density at radius 1 is 1.47 bits per heavy atom. The maximum absolute atomic E-state index is 11.2. The Labute approximate surface area is 122 Å². The topological polar surface area (TPSA) is 58.6 Å². The van der Waals surface area contributed by atoms with Crippen LogP contribution in [-0.4, -0.2) is 30.3 Å². The van der Waals surface area contributed by atoms with Gasteiger partial charge in [-0.05, 0) is 37.1 Å². The van der Waals surface area contributed by atoms with Crippen molar-refractivity contribution in [2.75, 3.05) is 18.5 Å². The molecular formula is C14H20BrNO3. The summed E-state index contributed by atoms with van der Waals surface area (Å²) in [7, 11) is 0. The number of esters is 1. The van der Waals surface area contributed by atoms with E-state index in [2.05, 4.69) is 28.2 Å². The first kappa shape index (κ1) is 16.0. The number of aryl methyl sites for hydroxylation is 1. The highest BCUT2D eigenvalue weighted by Gasteiger charge is 2.12. The molecule has 0 bridgehead atoms. The molecule has 0 aliphatic heterocycles. The summed E-state index contributed by atoms with van der Waals surface area (Å²) < 4.78 is 5.82. The fourth-order valence-corrected chi connectivity index (χ4v) is 2.15. The number of hydrogen-bond donors (Lipinski definition) is 2. The van der Waals surface area contributed by atoms with Crippen LogP contribution >= 0.6 is 15.9 Å². The van der Waals surface area contributed by atoms with Crippen molar-refractivity contribution in [3.8, 4) is 0 Å². The Balaban J connectivity index is 2.50. The van der Waals surface area contributed by atoms with Crippen LogP contribution in [0.4, 0.5) is 5.69 Å². The first-order valence-electron chi connectivity index (χ1n) is 6.42.